The molecule has 2 N–H and O–H groups in total. The molecule has 0 radical (unpaired) electrons. The van der Waals surface area contributed by atoms with Gasteiger partial charge in [0, 0.05) is 17.0 Å². The van der Waals surface area contributed by atoms with E-state index in [-0.39, 0.29) is 12.6 Å². The fraction of sp³-hybridized carbons (Fsp3) is 0.667. The first-order chi connectivity index (χ1) is 7.13. The second-order valence-corrected chi connectivity index (χ2v) is 5.43. The van der Waals surface area contributed by atoms with Gasteiger partial charge in [0.15, 0.2) is 0 Å². The maximum absolute atomic E-state index is 9.06. The van der Waals surface area contributed by atoms with Gasteiger partial charge in [-0.15, -0.1) is 11.3 Å². The van der Waals surface area contributed by atoms with E-state index in [1.54, 1.807) is 11.3 Å². The predicted molar refractivity (Wildman–Crippen MR) is 66.2 cm³/mol. The van der Waals surface area contributed by atoms with E-state index in [0.717, 1.165) is 6.42 Å². The van der Waals surface area contributed by atoms with Crippen molar-refractivity contribution in [2.75, 3.05) is 6.61 Å². The monoisotopic (exact) mass is 227 g/mol. The van der Waals surface area contributed by atoms with Crippen molar-refractivity contribution in [1.82, 2.24) is 5.32 Å². The summed E-state index contributed by atoms with van der Waals surface area (Å²) in [6, 6.07) is 4.79. The molecule has 0 aliphatic rings. The number of hydrogen-bond donors (Lipinski definition) is 2. The number of hydrogen-bond acceptors (Lipinski definition) is 3. The van der Waals surface area contributed by atoms with Crippen LogP contribution < -0.4 is 5.32 Å². The second kappa shape index (κ2) is 6.26. The molecule has 0 spiro atoms. The van der Waals surface area contributed by atoms with E-state index in [2.05, 4.69) is 36.7 Å². The van der Waals surface area contributed by atoms with E-state index >= 15 is 0 Å². The standard InChI is InChI=1S/C12H21NOS/c1-9(2)7-11(13-10(3)8-14)12-5-4-6-15-12/h4-6,9-11,13-14H,7-8H2,1-3H3/t10-,11?/m0/s1. The zero-order chi connectivity index (χ0) is 11.3. The van der Waals surface area contributed by atoms with Gasteiger partial charge in [0.2, 0.25) is 0 Å². The second-order valence-electron chi connectivity index (χ2n) is 4.45. The normalized spacial score (nSPS) is 15.5. The smallest absolute Gasteiger partial charge is 0.0582 e. The molecule has 1 rings (SSSR count). The fourth-order valence-corrected chi connectivity index (χ4v) is 2.42. The lowest BCUT2D eigenvalue weighted by Crippen LogP contribution is -2.33. The van der Waals surface area contributed by atoms with Crippen LogP contribution in [0.2, 0.25) is 0 Å². The molecule has 0 amide bonds. The fourth-order valence-electron chi connectivity index (χ4n) is 1.62. The van der Waals surface area contributed by atoms with Gasteiger partial charge in [-0.2, -0.15) is 0 Å². The Hall–Kier alpha value is -0.380. The maximum atomic E-state index is 9.06. The molecule has 0 bridgehead atoms. The third-order valence-electron chi connectivity index (χ3n) is 2.35. The molecule has 0 aromatic carbocycles. The lowest BCUT2D eigenvalue weighted by molar-refractivity contribution is 0.235. The molecule has 0 aliphatic heterocycles. The molecule has 86 valence electrons. The molecule has 1 aromatic rings. The number of nitrogens with one attached hydrogen (secondary N) is 1. The Morgan fingerprint density at radius 2 is 2.13 bits per heavy atom. The highest BCUT2D eigenvalue weighted by atomic mass is 32.1. The summed E-state index contributed by atoms with van der Waals surface area (Å²) in [6.45, 7) is 6.67. The number of rotatable bonds is 6. The van der Waals surface area contributed by atoms with Gasteiger partial charge < -0.3 is 10.4 Å². The average molecular weight is 227 g/mol. The van der Waals surface area contributed by atoms with Crippen LogP contribution in [0.15, 0.2) is 17.5 Å². The van der Waals surface area contributed by atoms with Gasteiger partial charge in [0.05, 0.1) is 6.61 Å². The topological polar surface area (TPSA) is 32.3 Å². The van der Waals surface area contributed by atoms with Gasteiger partial charge in [-0.1, -0.05) is 19.9 Å². The quantitative estimate of drug-likeness (QED) is 0.783. The third kappa shape index (κ3) is 4.33. The molecule has 3 heteroatoms. The molecule has 15 heavy (non-hydrogen) atoms. The molecular weight excluding hydrogens is 206 g/mol. The van der Waals surface area contributed by atoms with Crippen LogP contribution in [-0.4, -0.2) is 17.8 Å². The Labute approximate surface area is 96.3 Å². The van der Waals surface area contributed by atoms with Crippen LogP contribution in [0, 0.1) is 5.92 Å². The summed E-state index contributed by atoms with van der Waals surface area (Å²) in [5, 5.41) is 14.6. The van der Waals surface area contributed by atoms with Crippen molar-refractivity contribution < 1.29 is 5.11 Å². The first-order valence-corrected chi connectivity index (χ1v) is 6.41. The first kappa shape index (κ1) is 12.7. The highest BCUT2D eigenvalue weighted by Crippen LogP contribution is 2.25. The van der Waals surface area contributed by atoms with Crippen molar-refractivity contribution in [3.05, 3.63) is 22.4 Å². The van der Waals surface area contributed by atoms with Crippen LogP contribution in [0.1, 0.15) is 38.1 Å². The highest BCUT2D eigenvalue weighted by Gasteiger charge is 2.16. The van der Waals surface area contributed by atoms with Gasteiger partial charge in [-0.25, -0.2) is 0 Å². The minimum atomic E-state index is 0.163. The van der Waals surface area contributed by atoms with Crippen molar-refractivity contribution in [3.63, 3.8) is 0 Å². The first-order valence-electron chi connectivity index (χ1n) is 5.53. The largest absolute Gasteiger partial charge is 0.395 e. The summed E-state index contributed by atoms with van der Waals surface area (Å²) in [4.78, 5) is 1.36. The zero-order valence-corrected chi connectivity index (χ0v) is 10.6. The minimum Gasteiger partial charge on any atom is -0.395 e. The van der Waals surface area contributed by atoms with Gasteiger partial charge in [0.25, 0.3) is 0 Å². The van der Waals surface area contributed by atoms with Crippen molar-refractivity contribution in [3.8, 4) is 0 Å². The summed E-state index contributed by atoms with van der Waals surface area (Å²) in [7, 11) is 0. The van der Waals surface area contributed by atoms with Crippen LogP contribution in [-0.2, 0) is 0 Å². The van der Waals surface area contributed by atoms with Gasteiger partial charge in [-0.3, -0.25) is 0 Å². The van der Waals surface area contributed by atoms with Gasteiger partial charge in [0.1, 0.15) is 0 Å². The molecule has 0 saturated heterocycles. The van der Waals surface area contributed by atoms with E-state index in [1.165, 1.54) is 4.88 Å². The van der Waals surface area contributed by atoms with Gasteiger partial charge >= 0.3 is 0 Å². The Balaban J connectivity index is 2.61. The molecule has 1 heterocycles. The molecule has 1 aromatic heterocycles. The molecule has 2 nitrogen and oxygen atoms in total. The third-order valence-corrected chi connectivity index (χ3v) is 3.34. The van der Waals surface area contributed by atoms with Crippen LogP contribution in [0.25, 0.3) is 0 Å². The average Bonchev–Trinajstić information content (AvgIpc) is 2.68. The van der Waals surface area contributed by atoms with Crippen LogP contribution in [0.4, 0.5) is 0 Å². The van der Waals surface area contributed by atoms with E-state index in [9.17, 15) is 0 Å². The molecule has 2 atom stereocenters. The summed E-state index contributed by atoms with van der Waals surface area (Å²) >= 11 is 1.78. The lowest BCUT2D eigenvalue weighted by atomic mass is 10.0. The van der Waals surface area contributed by atoms with E-state index < -0.39 is 0 Å². The van der Waals surface area contributed by atoms with Crippen molar-refractivity contribution in [2.24, 2.45) is 5.92 Å². The Bertz CT molecular complexity index is 259. The predicted octanol–water partition coefficient (Wildman–Crippen LogP) is 2.81. The lowest BCUT2D eigenvalue weighted by Gasteiger charge is -2.22. The minimum absolute atomic E-state index is 0.163. The number of aliphatic hydroxyl groups excluding tert-OH is 1. The van der Waals surface area contributed by atoms with E-state index in [4.69, 9.17) is 5.11 Å². The van der Waals surface area contributed by atoms with E-state index in [0.29, 0.717) is 12.0 Å². The highest BCUT2D eigenvalue weighted by molar-refractivity contribution is 7.10. The van der Waals surface area contributed by atoms with Crippen LogP contribution in [0.3, 0.4) is 0 Å². The zero-order valence-electron chi connectivity index (χ0n) is 9.73. The Kier molecular flexibility index (Phi) is 5.29. The van der Waals surface area contributed by atoms with Crippen molar-refractivity contribution in [2.45, 2.75) is 39.3 Å². The van der Waals surface area contributed by atoms with E-state index in [1.807, 2.05) is 6.92 Å². The molecular formula is C12H21NOS. The van der Waals surface area contributed by atoms with Crippen LogP contribution >= 0.6 is 11.3 Å². The SMILES string of the molecule is CC(C)CC(N[C@@H](C)CO)c1cccs1. The molecule has 0 saturated carbocycles. The van der Waals surface area contributed by atoms with Gasteiger partial charge in [-0.05, 0) is 30.7 Å². The summed E-state index contributed by atoms with van der Waals surface area (Å²) < 4.78 is 0. The number of thiophene rings is 1. The summed E-state index contributed by atoms with van der Waals surface area (Å²) in [5.41, 5.74) is 0. The summed E-state index contributed by atoms with van der Waals surface area (Å²) in [6.07, 6.45) is 1.12. The molecule has 0 fully saturated rings. The Morgan fingerprint density at radius 1 is 1.40 bits per heavy atom. The van der Waals surface area contributed by atoms with Crippen molar-refractivity contribution >= 4 is 11.3 Å². The maximum Gasteiger partial charge on any atom is 0.0582 e. The van der Waals surface area contributed by atoms with Crippen LogP contribution in [0.5, 0.6) is 0 Å². The molecule has 0 aliphatic carbocycles. The summed E-state index contributed by atoms with van der Waals surface area (Å²) in [5.74, 6) is 0.662. The Morgan fingerprint density at radius 3 is 2.60 bits per heavy atom. The number of aliphatic hydroxyl groups is 1. The molecule has 1 unspecified atom stereocenters. The van der Waals surface area contributed by atoms with Crippen molar-refractivity contribution in [1.29, 1.82) is 0 Å².